The van der Waals surface area contributed by atoms with Crippen molar-refractivity contribution in [3.8, 4) is 0 Å². The lowest BCUT2D eigenvalue weighted by Crippen LogP contribution is -2.30. The van der Waals surface area contributed by atoms with Crippen molar-refractivity contribution in [3.63, 3.8) is 0 Å². The van der Waals surface area contributed by atoms with Crippen LogP contribution in [-0.4, -0.2) is 66.5 Å². The number of aliphatic hydroxyl groups excluding tert-OH is 1. The van der Waals surface area contributed by atoms with Crippen molar-refractivity contribution < 1.29 is 52.2 Å². The Balaban J connectivity index is 4.89. The highest BCUT2D eigenvalue weighted by atomic mass is 31.2. The van der Waals surface area contributed by atoms with Gasteiger partial charge in [-0.3, -0.25) is 23.4 Å². The molecule has 0 fully saturated rings. The van der Waals surface area contributed by atoms with Crippen LogP contribution in [0.25, 0.3) is 0 Å². The zero-order valence-corrected chi connectivity index (χ0v) is 44.6. The number of hydrogen-bond donors (Lipinski definition) is 2. The summed E-state index contributed by atoms with van der Waals surface area (Å²) in [5, 5.41) is 9.77. The smallest absolute Gasteiger partial charge is 0.462 e. The molecule has 0 aliphatic carbocycles. The minimum absolute atomic E-state index is 0.0930. The van der Waals surface area contributed by atoms with Gasteiger partial charge in [0.1, 0.15) is 12.7 Å². The molecule has 0 saturated heterocycles. The van der Waals surface area contributed by atoms with Crippen molar-refractivity contribution in [2.75, 3.05) is 26.4 Å². The predicted octanol–water partition coefficient (Wildman–Crippen LogP) is 15.5. The van der Waals surface area contributed by atoms with Gasteiger partial charge in [-0.05, 0) is 89.9 Å². The maximum atomic E-state index is 12.9. The molecule has 12 heteroatoms. The van der Waals surface area contributed by atoms with E-state index in [1.807, 2.05) is 12.2 Å². The van der Waals surface area contributed by atoms with E-state index in [9.17, 15) is 28.9 Å². The SMILES string of the molecule is CC/C=C\C/C=C\C/C=C\C/C=C\C/C=C\CCCCCC(=O)OC(COC(=O)CC/C=C\C/C=C\C/C=C\C/C=C\CC)COP(=O)(O)OCC(CO)OC(=O)CCCCCCCCCCCCC. The molecule has 0 aromatic carbocycles. The van der Waals surface area contributed by atoms with E-state index in [1.165, 1.54) is 44.9 Å². The van der Waals surface area contributed by atoms with E-state index in [0.29, 0.717) is 19.3 Å². The molecule has 0 aromatic rings. The Kier molecular flexibility index (Phi) is 48.7. The summed E-state index contributed by atoms with van der Waals surface area (Å²) in [6.07, 6.45) is 60.8. The Morgan fingerprint density at radius 1 is 0.414 bits per heavy atom. The first kappa shape index (κ1) is 66.1. The molecule has 0 aliphatic rings. The molecule has 398 valence electrons. The zero-order chi connectivity index (χ0) is 51.3. The fourth-order valence-electron chi connectivity index (χ4n) is 6.69. The summed E-state index contributed by atoms with van der Waals surface area (Å²) in [7, 11) is -4.77. The summed E-state index contributed by atoms with van der Waals surface area (Å²) in [5.41, 5.74) is 0. The first-order valence-corrected chi connectivity index (χ1v) is 28.3. The van der Waals surface area contributed by atoms with Gasteiger partial charge in [-0.1, -0.05) is 201 Å². The standard InChI is InChI=1S/C58H95O11P/c1-4-7-10-13-16-19-22-24-25-26-27-28-29-31-34-37-40-43-46-49-58(62)69-55(51-65-56(60)47-44-41-38-35-33-30-23-20-17-14-11-8-5-2)53-67-70(63,64)66-52-54(50-59)68-57(61)48-45-42-39-36-32-21-18-15-12-9-6-3/h7-8,10-11,16-17,19-20,24-25,27-28,30-31,33-34,38,41,54-55,59H,4-6,9,12-15,18,21-23,26,29,32,35-37,39-40,42-53H2,1-3H3,(H,63,64)/b10-7-,11-8-,19-16-,20-17-,25-24-,28-27-,33-30-,34-31-,41-38-. The molecule has 0 radical (unpaired) electrons. The summed E-state index contributed by atoms with van der Waals surface area (Å²) < 4.78 is 39.3. The zero-order valence-electron chi connectivity index (χ0n) is 43.7. The van der Waals surface area contributed by atoms with Crippen molar-refractivity contribution in [1.29, 1.82) is 0 Å². The molecule has 0 aliphatic heterocycles. The van der Waals surface area contributed by atoms with Gasteiger partial charge in [0.15, 0.2) is 6.10 Å². The van der Waals surface area contributed by atoms with Crippen molar-refractivity contribution in [2.45, 2.75) is 213 Å². The quantitative estimate of drug-likeness (QED) is 0.0197. The Morgan fingerprint density at radius 3 is 1.20 bits per heavy atom. The van der Waals surface area contributed by atoms with E-state index < -0.39 is 64.4 Å². The van der Waals surface area contributed by atoms with E-state index in [4.69, 9.17) is 23.3 Å². The monoisotopic (exact) mass is 999 g/mol. The number of carbonyl (C=O) groups is 3. The number of rotatable bonds is 48. The van der Waals surface area contributed by atoms with E-state index in [1.54, 1.807) is 0 Å². The highest BCUT2D eigenvalue weighted by Gasteiger charge is 2.28. The van der Waals surface area contributed by atoms with E-state index in [-0.39, 0.29) is 19.3 Å². The topological polar surface area (TPSA) is 155 Å². The summed E-state index contributed by atoms with van der Waals surface area (Å²) in [6.45, 7) is 4.26. The van der Waals surface area contributed by atoms with Gasteiger partial charge in [-0.25, -0.2) is 4.57 Å². The minimum atomic E-state index is -4.77. The largest absolute Gasteiger partial charge is 0.472 e. The van der Waals surface area contributed by atoms with Gasteiger partial charge >= 0.3 is 25.7 Å². The van der Waals surface area contributed by atoms with Gasteiger partial charge in [0, 0.05) is 19.3 Å². The van der Waals surface area contributed by atoms with E-state index in [2.05, 4.69) is 118 Å². The average molecular weight is 999 g/mol. The lowest BCUT2D eigenvalue weighted by molar-refractivity contribution is -0.161. The molecule has 0 aromatic heterocycles. The molecule has 0 spiro atoms. The van der Waals surface area contributed by atoms with Crippen LogP contribution in [0, 0.1) is 0 Å². The van der Waals surface area contributed by atoms with Crippen molar-refractivity contribution >= 4 is 25.7 Å². The molecule has 0 rings (SSSR count). The molecule has 2 N–H and O–H groups in total. The summed E-state index contributed by atoms with van der Waals surface area (Å²) in [5.74, 6) is -1.61. The molecule has 3 atom stereocenters. The number of ether oxygens (including phenoxy) is 3. The van der Waals surface area contributed by atoms with Crippen LogP contribution in [0.2, 0.25) is 0 Å². The van der Waals surface area contributed by atoms with Crippen LogP contribution < -0.4 is 0 Å². The predicted molar refractivity (Wildman–Crippen MR) is 288 cm³/mol. The molecule has 0 heterocycles. The maximum Gasteiger partial charge on any atom is 0.472 e. The van der Waals surface area contributed by atoms with Crippen LogP contribution >= 0.6 is 7.82 Å². The van der Waals surface area contributed by atoms with Gasteiger partial charge in [0.25, 0.3) is 0 Å². The second kappa shape index (κ2) is 51.5. The lowest BCUT2D eigenvalue weighted by Gasteiger charge is -2.21. The third kappa shape index (κ3) is 49.1. The molecule has 11 nitrogen and oxygen atoms in total. The number of phosphoric ester groups is 1. The van der Waals surface area contributed by atoms with Crippen molar-refractivity contribution in [2.24, 2.45) is 0 Å². The highest BCUT2D eigenvalue weighted by molar-refractivity contribution is 7.47. The third-order valence-electron chi connectivity index (χ3n) is 10.7. The van der Waals surface area contributed by atoms with Crippen LogP contribution in [0.5, 0.6) is 0 Å². The first-order chi connectivity index (χ1) is 34.2. The molecule has 0 saturated carbocycles. The molecule has 70 heavy (non-hydrogen) atoms. The van der Waals surface area contributed by atoms with Crippen molar-refractivity contribution in [1.82, 2.24) is 0 Å². The van der Waals surface area contributed by atoms with Crippen LogP contribution in [-0.2, 0) is 42.2 Å². The van der Waals surface area contributed by atoms with Gasteiger partial charge < -0.3 is 24.2 Å². The number of aliphatic hydroxyl groups is 1. The normalized spacial score (nSPS) is 14.3. The Labute approximate surface area is 425 Å². The maximum absolute atomic E-state index is 12.9. The lowest BCUT2D eigenvalue weighted by atomic mass is 10.1. The fourth-order valence-corrected chi connectivity index (χ4v) is 7.47. The number of allylic oxidation sites excluding steroid dienone is 18. The van der Waals surface area contributed by atoms with Crippen LogP contribution in [0.15, 0.2) is 109 Å². The molecular weight excluding hydrogens is 904 g/mol. The molecular formula is C58H95O11P. The van der Waals surface area contributed by atoms with Gasteiger partial charge in [-0.15, -0.1) is 0 Å². The fraction of sp³-hybridized carbons (Fsp3) is 0.638. The van der Waals surface area contributed by atoms with E-state index in [0.717, 1.165) is 96.3 Å². The van der Waals surface area contributed by atoms with Gasteiger partial charge in [0.2, 0.25) is 0 Å². The Bertz CT molecular complexity index is 1590. The van der Waals surface area contributed by atoms with Crippen LogP contribution in [0.3, 0.4) is 0 Å². The molecule has 3 unspecified atom stereocenters. The third-order valence-corrected chi connectivity index (χ3v) is 11.7. The number of esters is 3. The highest BCUT2D eigenvalue weighted by Crippen LogP contribution is 2.43. The summed E-state index contributed by atoms with van der Waals surface area (Å²) in [4.78, 5) is 48.3. The van der Waals surface area contributed by atoms with E-state index >= 15 is 0 Å². The molecule has 0 amide bonds. The van der Waals surface area contributed by atoms with Crippen LogP contribution in [0.4, 0.5) is 0 Å². The number of carbonyl (C=O) groups excluding carboxylic acids is 3. The van der Waals surface area contributed by atoms with Gasteiger partial charge in [-0.2, -0.15) is 0 Å². The first-order valence-electron chi connectivity index (χ1n) is 26.8. The van der Waals surface area contributed by atoms with Crippen LogP contribution in [0.1, 0.15) is 201 Å². The summed E-state index contributed by atoms with van der Waals surface area (Å²) in [6, 6.07) is 0. The average Bonchev–Trinajstić information content (AvgIpc) is 3.35. The van der Waals surface area contributed by atoms with Gasteiger partial charge in [0.05, 0.1) is 19.8 Å². The number of phosphoric acid groups is 1. The minimum Gasteiger partial charge on any atom is -0.462 e. The Morgan fingerprint density at radius 2 is 0.771 bits per heavy atom. The second-order valence-electron chi connectivity index (χ2n) is 17.3. The number of hydrogen-bond acceptors (Lipinski definition) is 10. The molecule has 0 bridgehead atoms. The second-order valence-corrected chi connectivity index (χ2v) is 18.7. The summed E-state index contributed by atoms with van der Waals surface area (Å²) >= 11 is 0. The Hall–Kier alpha value is -3.86. The number of unbranched alkanes of at least 4 members (excludes halogenated alkanes) is 13. The van der Waals surface area contributed by atoms with Crippen molar-refractivity contribution in [3.05, 3.63) is 109 Å².